The van der Waals surface area contributed by atoms with E-state index in [0.717, 1.165) is 16.5 Å². The molecule has 3 aliphatic rings. The molecule has 1 amide bonds. The van der Waals surface area contributed by atoms with E-state index in [1.165, 1.54) is 37.7 Å². The molecule has 0 spiro atoms. The van der Waals surface area contributed by atoms with Crippen molar-refractivity contribution < 1.29 is 4.79 Å². The molecule has 24 heavy (non-hydrogen) atoms. The number of benzene rings is 1. The van der Waals surface area contributed by atoms with Crippen LogP contribution in [0.2, 0.25) is 5.28 Å². The Morgan fingerprint density at radius 3 is 2.62 bits per heavy atom. The number of hydrogen-bond donors (Lipinski definition) is 2. The van der Waals surface area contributed by atoms with Gasteiger partial charge in [-0.25, -0.2) is 4.98 Å². The zero-order valence-electron chi connectivity index (χ0n) is 13.2. The monoisotopic (exact) mass is 362 g/mol. The van der Waals surface area contributed by atoms with E-state index >= 15 is 0 Å². The highest BCUT2D eigenvalue weighted by Crippen LogP contribution is 2.29. The first-order valence-electron chi connectivity index (χ1n) is 8.19. The number of piperidine rings is 3. The Kier molecular flexibility index (Phi) is 4.52. The van der Waals surface area contributed by atoms with E-state index in [1.54, 1.807) is 6.20 Å². The first-order chi connectivity index (χ1) is 11.7. The van der Waals surface area contributed by atoms with Gasteiger partial charge in [0.05, 0.1) is 11.2 Å². The molecular formula is C17H19ClN4OS. The quantitative estimate of drug-likeness (QED) is 0.877. The lowest BCUT2D eigenvalue weighted by molar-refractivity contribution is 0.0620. The van der Waals surface area contributed by atoms with Gasteiger partial charge in [0.1, 0.15) is 0 Å². The van der Waals surface area contributed by atoms with Crippen LogP contribution in [-0.2, 0) is 0 Å². The van der Waals surface area contributed by atoms with Gasteiger partial charge < -0.3 is 15.2 Å². The number of imidazole rings is 1. The van der Waals surface area contributed by atoms with Crippen molar-refractivity contribution in [2.45, 2.75) is 28.8 Å². The van der Waals surface area contributed by atoms with Crippen molar-refractivity contribution in [3.63, 3.8) is 0 Å². The Morgan fingerprint density at radius 1 is 1.29 bits per heavy atom. The Morgan fingerprint density at radius 2 is 2.04 bits per heavy atom. The average Bonchev–Trinajstić information content (AvgIpc) is 3.01. The van der Waals surface area contributed by atoms with Gasteiger partial charge in [0.2, 0.25) is 5.28 Å². The summed E-state index contributed by atoms with van der Waals surface area (Å²) in [5.41, 5.74) is 0.707. The Hall–Kier alpha value is -1.50. The number of H-pyrrole nitrogens is 1. The molecule has 2 bridgehead atoms. The topological polar surface area (TPSA) is 61.0 Å². The molecule has 0 aliphatic carbocycles. The van der Waals surface area contributed by atoms with E-state index in [0.29, 0.717) is 22.8 Å². The van der Waals surface area contributed by atoms with E-state index in [-0.39, 0.29) is 5.91 Å². The van der Waals surface area contributed by atoms with Crippen molar-refractivity contribution in [3.05, 3.63) is 41.3 Å². The number of carbonyl (C=O) groups is 1. The standard InChI is InChI=1S/C17H19ClN4OS/c18-17-19-9-15(21-17)24-13-3-1-12(2-4-13)16(23)20-14-10-22-7-5-11(14)6-8-22/h1-4,9,11,14H,5-8,10H2,(H,19,21)(H,20,23)/t14-/m0/s1. The number of fused-ring (bicyclic) bond motifs is 3. The molecule has 126 valence electrons. The second-order valence-electron chi connectivity index (χ2n) is 6.38. The highest BCUT2D eigenvalue weighted by Gasteiger charge is 2.34. The van der Waals surface area contributed by atoms with Gasteiger partial charge in [0.15, 0.2) is 0 Å². The van der Waals surface area contributed by atoms with Crippen molar-refractivity contribution in [3.8, 4) is 0 Å². The Bertz CT molecular complexity index is 724. The van der Waals surface area contributed by atoms with Crippen LogP contribution in [0.3, 0.4) is 0 Å². The molecule has 0 unspecified atom stereocenters. The minimum Gasteiger partial charge on any atom is -0.348 e. The number of nitrogens with one attached hydrogen (secondary N) is 2. The third-order valence-corrected chi connectivity index (χ3v) is 5.97. The van der Waals surface area contributed by atoms with Crippen molar-refractivity contribution in [1.29, 1.82) is 0 Å². The second kappa shape index (κ2) is 6.78. The molecule has 1 aromatic carbocycles. The highest BCUT2D eigenvalue weighted by atomic mass is 35.5. The van der Waals surface area contributed by atoms with Crippen LogP contribution in [0.1, 0.15) is 23.2 Å². The molecule has 4 heterocycles. The van der Waals surface area contributed by atoms with Gasteiger partial charge in [-0.1, -0.05) is 11.8 Å². The number of nitrogens with zero attached hydrogens (tertiary/aromatic N) is 2. The number of carbonyl (C=O) groups excluding carboxylic acids is 1. The highest BCUT2D eigenvalue weighted by molar-refractivity contribution is 7.99. The average molecular weight is 363 g/mol. The molecular weight excluding hydrogens is 344 g/mol. The normalized spacial score (nSPS) is 25.6. The van der Waals surface area contributed by atoms with Crippen LogP contribution in [0.4, 0.5) is 0 Å². The van der Waals surface area contributed by atoms with Crippen molar-refractivity contribution in [2.75, 3.05) is 19.6 Å². The van der Waals surface area contributed by atoms with Gasteiger partial charge in [-0.3, -0.25) is 4.79 Å². The van der Waals surface area contributed by atoms with E-state index < -0.39 is 0 Å². The fourth-order valence-corrected chi connectivity index (χ4v) is 4.50. The largest absolute Gasteiger partial charge is 0.348 e. The van der Waals surface area contributed by atoms with Crippen LogP contribution in [0.5, 0.6) is 0 Å². The number of aromatic amines is 1. The molecule has 0 radical (unpaired) electrons. The maximum atomic E-state index is 12.5. The van der Waals surface area contributed by atoms with E-state index in [2.05, 4.69) is 20.2 Å². The van der Waals surface area contributed by atoms with Crippen LogP contribution in [0, 0.1) is 5.92 Å². The van der Waals surface area contributed by atoms with Gasteiger partial charge in [-0.05, 0) is 67.7 Å². The Labute approximate surface area is 150 Å². The van der Waals surface area contributed by atoms with Crippen LogP contribution < -0.4 is 5.32 Å². The fraction of sp³-hybridized carbons (Fsp3) is 0.412. The summed E-state index contributed by atoms with van der Waals surface area (Å²) in [5.74, 6) is 0.661. The van der Waals surface area contributed by atoms with E-state index in [9.17, 15) is 4.79 Å². The number of hydrogen-bond acceptors (Lipinski definition) is 4. The maximum Gasteiger partial charge on any atom is 0.251 e. The summed E-state index contributed by atoms with van der Waals surface area (Å²) < 4.78 is 0. The third kappa shape index (κ3) is 3.45. The van der Waals surface area contributed by atoms with Gasteiger partial charge in [0, 0.05) is 23.0 Å². The molecule has 7 heteroatoms. The molecule has 0 saturated carbocycles. The molecule has 2 aromatic rings. The molecule has 5 rings (SSSR count). The number of amides is 1. The molecule has 2 N–H and O–H groups in total. The summed E-state index contributed by atoms with van der Waals surface area (Å²) >= 11 is 7.31. The van der Waals surface area contributed by atoms with Crippen LogP contribution in [0.25, 0.3) is 0 Å². The zero-order chi connectivity index (χ0) is 16.5. The lowest BCUT2D eigenvalue weighted by atomic mass is 9.84. The van der Waals surface area contributed by atoms with Crippen LogP contribution in [0.15, 0.2) is 40.4 Å². The fourth-order valence-electron chi connectivity index (χ4n) is 3.52. The van der Waals surface area contributed by atoms with Gasteiger partial charge >= 0.3 is 0 Å². The second-order valence-corrected chi connectivity index (χ2v) is 7.86. The molecule has 1 aromatic heterocycles. The number of halogens is 1. The number of aromatic nitrogens is 2. The van der Waals surface area contributed by atoms with Gasteiger partial charge in [-0.2, -0.15) is 0 Å². The predicted octanol–water partition coefficient (Wildman–Crippen LogP) is 3.04. The summed E-state index contributed by atoms with van der Waals surface area (Å²) in [5, 5.41) is 4.48. The lowest BCUT2D eigenvalue weighted by Crippen LogP contribution is -2.57. The summed E-state index contributed by atoms with van der Waals surface area (Å²) in [4.78, 5) is 22.9. The summed E-state index contributed by atoms with van der Waals surface area (Å²) in [6, 6.07) is 7.94. The van der Waals surface area contributed by atoms with Crippen LogP contribution in [-0.4, -0.2) is 46.5 Å². The molecule has 3 fully saturated rings. The first-order valence-corrected chi connectivity index (χ1v) is 9.38. The van der Waals surface area contributed by atoms with Gasteiger partial charge in [0.25, 0.3) is 5.91 Å². The minimum absolute atomic E-state index is 0.0230. The zero-order valence-corrected chi connectivity index (χ0v) is 14.7. The van der Waals surface area contributed by atoms with Crippen LogP contribution >= 0.6 is 23.4 Å². The van der Waals surface area contributed by atoms with E-state index in [1.807, 2.05) is 24.3 Å². The molecule has 5 nitrogen and oxygen atoms in total. The maximum absolute atomic E-state index is 12.5. The predicted molar refractivity (Wildman–Crippen MR) is 94.6 cm³/mol. The molecule has 3 saturated heterocycles. The van der Waals surface area contributed by atoms with Crippen molar-refractivity contribution in [1.82, 2.24) is 20.2 Å². The Balaban J connectivity index is 1.38. The minimum atomic E-state index is 0.0230. The smallest absolute Gasteiger partial charge is 0.251 e. The third-order valence-electron chi connectivity index (χ3n) is 4.84. The summed E-state index contributed by atoms with van der Waals surface area (Å²) in [6.45, 7) is 3.35. The summed E-state index contributed by atoms with van der Waals surface area (Å²) in [7, 11) is 0. The van der Waals surface area contributed by atoms with Gasteiger partial charge in [-0.15, -0.1) is 0 Å². The van der Waals surface area contributed by atoms with Crippen molar-refractivity contribution >= 4 is 29.3 Å². The molecule has 1 atom stereocenters. The van der Waals surface area contributed by atoms with E-state index in [4.69, 9.17) is 11.6 Å². The molecule has 3 aliphatic heterocycles. The van der Waals surface area contributed by atoms with Crippen molar-refractivity contribution in [2.24, 2.45) is 5.92 Å². The lowest BCUT2D eigenvalue weighted by Gasteiger charge is -2.44. The number of rotatable bonds is 4. The summed E-state index contributed by atoms with van der Waals surface area (Å²) in [6.07, 6.45) is 4.10. The first kappa shape index (κ1) is 16.0. The SMILES string of the molecule is O=C(N[C@H]1CN2CCC1CC2)c1ccc(Sc2cnc(Cl)[nH]2)cc1.